The number of unbranched alkanes of at least 4 members (excludes halogenated alkanes) is 12. The second-order valence-corrected chi connectivity index (χ2v) is 16.1. The van der Waals surface area contributed by atoms with Gasteiger partial charge < -0.3 is 12.6 Å². The fraction of sp³-hybridized carbons (Fsp3) is 0.905. The van der Waals surface area contributed by atoms with Crippen LogP contribution in [-0.2, 0) is 12.6 Å². The predicted molar refractivity (Wildman–Crippen MR) is 115 cm³/mol. The van der Waals surface area contributed by atoms with Crippen molar-refractivity contribution in [1.29, 1.82) is 0 Å². The van der Waals surface area contributed by atoms with E-state index in [4.69, 9.17) is 12.6 Å². The third-order valence-electron chi connectivity index (χ3n) is 3.66. The van der Waals surface area contributed by atoms with E-state index in [9.17, 15) is 0 Å². The molecule has 0 saturated carbocycles. The maximum atomic E-state index is 4.94. The summed E-state index contributed by atoms with van der Waals surface area (Å²) >= 11 is 4.40. The molecule has 0 aromatic heterocycles. The van der Waals surface area contributed by atoms with Gasteiger partial charge >= 0.3 is 34.6 Å². The van der Waals surface area contributed by atoms with Crippen LogP contribution in [0.3, 0.4) is 0 Å². The van der Waals surface area contributed by atoms with Gasteiger partial charge in [0, 0.05) is 0 Å². The Kier molecular flexibility index (Phi) is 28.5. The van der Waals surface area contributed by atoms with Crippen molar-refractivity contribution < 1.29 is 0 Å². The van der Waals surface area contributed by atoms with Gasteiger partial charge in [0.2, 0.25) is 0 Å². The first kappa shape index (κ1) is 26.1. The van der Waals surface area contributed by atoms with E-state index >= 15 is 0 Å². The van der Waals surface area contributed by atoms with Crippen molar-refractivity contribution >= 4 is 32.4 Å². The molecule has 23 heavy (non-hydrogen) atoms. The second kappa shape index (κ2) is 25.1. The van der Waals surface area contributed by atoms with Gasteiger partial charge in [-0.05, 0) is 25.7 Å². The Labute approximate surface area is 161 Å². The van der Waals surface area contributed by atoms with E-state index in [2.05, 4.69) is 33.9 Å². The van der Waals surface area contributed by atoms with Crippen molar-refractivity contribution in [3.05, 3.63) is 12.2 Å². The fourth-order valence-corrected chi connectivity index (χ4v) is 2.55. The average Bonchev–Trinajstić information content (AvgIpc) is 2.50. The molecular weight excluding hydrogens is 403 g/mol. The number of rotatable bonds is 15. The topological polar surface area (TPSA) is 0 Å². The van der Waals surface area contributed by atoms with Crippen LogP contribution in [0.5, 0.6) is 0 Å². The van der Waals surface area contributed by atoms with Crippen molar-refractivity contribution in [2.75, 3.05) is 5.75 Å². The first-order chi connectivity index (χ1) is 11.1. The minimum absolute atomic E-state index is 0.543. The molecule has 0 aliphatic heterocycles. The van der Waals surface area contributed by atoms with Crippen molar-refractivity contribution in [3.8, 4) is 0 Å². The number of hydrogen-bond acceptors (Lipinski definition) is 1. The molecule has 0 aliphatic rings. The van der Waals surface area contributed by atoms with Gasteiger partial charge in [-0.25, -0.2) is 0 Å². The van der Waals surface area contributed by atoms with Gasteiger partial charge in [-0.1, -0.05) is 83.3 Å². The van der Waals surface area contributed by atoms with E-state index in [1.807, 2.05) is 0 Å². The van der Waals surface area contributed by atoms with E-state index < -0.39 is 19.8 Å². The molecule has 0 saturated heterocycles. The monoisotopic (exact) mass is 448 g/mol. The van der Waals surface area contributed by atoms with Crippen LogP contribution < -0.4 is 0 Å². The molecule has 2 heteroatoms. The molecule has 0 fully saturated rings. The van der Waals surface area contributed by atoms with Crippen LogP contribution in [0.2, 0.25) is 14.8 Å². The summed E-state index contributed by atoms with van der Waals surface area (Å²) in [6.45, 7) is 2.28. The van der Waals surface area contributed by atoms with Crippen LogP contribution in [0.1, 0.15) is 96.8 Å². The number of allylic oxidation sites excluding steroid dienone is 2. The molecular formula is C21H44SSn. The third-order valence-corrected chi connectivity index (χ3v) is 3.94. The minimum atomic E-state index is -0.543. The molecule has 0 nitrogen and oxygen atoms in total. The summed E-state index contributed by atoms with van der Waals surface area (Å²) in [5, 5.41) is 0. The Morgan fingerprint density at radius 1 is 0.609 bits per heavy atom. The first-order valence-electron chi connectivity index (χ1n) is 10.1. The normalized spacial score (nSPS) is 10.7. The van der Waals surface area contributed by atoms with Crippen LogP contribution in [0.25, 0.3) is 0 Å². The van der Waals surface area contributed by atoms with Crippen molar-refractivity contribution in [3.63, 3.8) is 0 Å². The van der Waals surface area contributed by atoms with Crippen molar-refractivity contribution in [2.45, 2.75) is 112 Å². The molecule has 0 amide bonds. The van der Waals surface area contributed by atoms with Crippen molar-refractivity contribution in [2.24, 2.45) is 0 Å². The summed E-state index contributed by atoms with van der Waals surface area (Å²) in [7, 11) is 0. The zero-order valence-corrected chi connectivity index (χ0v) is 20.3. The quantitative estimate of drug-likeness (QED) is 0.106. The third kappa shape index (κ3) is 35.0. The van der Waals surface area contributed by atoms with E-state index in [1.54, 1.807) is 0 Å². The van der Waals surface area contributed by atoms with Crippen LogP contribution in [0, 0.1) is 0 Å². The molecule has 0 atom stereocenters. The molecule has 0 aromatic carbocycles. The summed E-state index contributed by atoms with van der Waals surface area (Å²) in [6, 6.07) is 0. The van der Waals surface area contributed by atoms with Crippen LogP contribution in [0.15, 0.2) is 12.2 Å². The summed E-state index contributed by atoms with van der Waals surface area (Å²) < 4.78 is 0. The first-order valence-corrected chi connectivity index (χ1v) is 19.3. The zero-order valence-electron chi connectivity index (χ0n) is 16.7. The molecule has 0 spiro atoms. The van der Waals surface area contributed by atoms with Gasteiger partial charge in [-0.15, -0.1) is 0 Å². The summed E-state index contributed by atoms with van der Waals surface area (Å²) in [4.78, 5) is 7.09. The molecule has 0 radical (unpaired) electrons. The molecule has 0 bridgehead atoms. The van der Waals surface area contributed by atoms with Crippen molar-refractivity contribution in [1.82, 2.24) is 0 Å². The van der Waals surface area contributed by atoms with Gasteiger partial charge in [-0.3, -0.25) is 0 Å². The molecule has 0 rings (SSSR count). The van der Waals surface area contributed by atoms with Gasteiger partial charge in [0.05, 0.1) is 0 Å². The average molecular weight is 447 g/mol. The number of hydrogen-bond donors (Lipinski definition) is 0. The summed E-state index contributed by atoms with van der Waals surface area (Å²) in [6.07, 6.45) is 24.0. The second-order valence-electron chi connectivity index (χ2n) is 7.14. The SMILES string of the molecule is CCCCCCCC/C=C\CCCCCCCC[S-].[CH3][Sn+]([CH3])[CH3]. The standard InChI is InChI=1S/C18H36S.3CH3.Sn/c1-2-3-4-5-6-7-8-9-10-11-12-13-14-15-16-17-18-19;;;;/h9-10,19H,2-8,11-18H2,1H3;3*1H3;/q;;;;+1/p-1/b10-9-;;;;. The Morgan fingerprint density at radius 2 is 0.957 bits per heavy atom. The van der Waals surface area contributed by atoms with E-state index in [0.717, 1.165) is 5.75 Å². The Balaban J connectivity index is 0. The van der Waals surface area contributed by atoms with Gasteiger partial charge in [0.15, 0.2) is 0 Å². The zero-order chi connectivity index (χ0) is 17.6. The molecule has 0 aromatic rings. The molecule has 0 aliphatic carbocycles. The molecule has 0 heterocycles. The van der Waals surface area contributed by atoms with E-state index in [-0.39, 0.29) is 0 Å². The van der Waals surface area contributed by atoms with Crippen LogP contribution in [-0.4, -0.2) is 25.5 Å². The van der Waals surface area contributed by atoms with Gasteiger partial charge in [0.1, 0.15) is 0 Å². The Bertz CT molecular complexity index is 211. The molecule has 0 unspecified atom stereocenters. The van der Waals surface area contributed by atoms with Gasteiger partial charge in [0.25, 0.3) is 0 Å². The Morgan fingerprint density at radius 3 is 1.35 bits per heavy atom. The van der Waals surface area contributed by atoms with E-state index in [1.165, 1.54) is 89.9 Å². The van der Waals surface area contributed by atoms with E-state index in [0.29, 0.717) is 0 Å². The van der Waals surface area contributed by atoms with Crippen LogP contribution >= 0.6 is 0 Å². The maximum absolute atomic E-state index is 4.94. The van der Waals surface area contributed by atoms with Crippen LogP contribution in [0.4, 0.5) is 0 Å². The fourth-order valence-electron chi connectivity index (χ4n) is 2.35. The Hall–Kier alpha value is 0.889. The van der Waals surface area contributed by atoms with Gasteiger partial charge in [-0.2, -0.15) is 5.75 Å². The molecule has 0 N–H and O–H groups in total. The summed E-state index contributed by atoms with van der Waals surface area (Å²) in [5.41, 5.74) is 0. The predicted octanol–water partition coefficient (Wildman–Crippen LogP) is 7.94. The molecule has 138 valence electrons. The summed E-state index contributed by atoms with van der Waals surface area (Å²) in [5.74, 6) is 0.946.